The molecule has 2 N–H and O–H groups in total. The number of aliphatic hydroxyl groups is 1. The van der Waals surface area contributed by atoms with Crippen molar-refractivity contribution in [1.29, 1.82) is 0 Å². The highest BCUT2D eigenvalue weighted by Gasteiger charge is 2.55. The highest BCUT2D eigenvalue weighted by molar-refractivity contribution is 6.32. The molecule has 138 valence electrons. The second kappa shape index (κ2) is 6.32. The predicted octanol–water partition coefficient (Wildman–Crippen LogP) is 3.52. The van der Waals surface area contributed by atoms with E-state index in [1.165, 1.54) is 18.3 Å². The third-order valence-electron chi connectivity index (χ3n) is 5.24. The molecule has 4 rings (SSSR count). The van der Waals surface area contributed by atoms with Crippen LogP contribution in [0.25, 0.3) is 10.9 Å². The number of carbonyl (C=O) groups is 1. The topological polar surface area (TPSA) is 71.5 Å². The lowest BCUT2D eigenvalue weighted by molar-refractivity contribution is -0.0497. The molecule has 0 spiro atoms. The van der Waals surface area contributed by atoms with Crippen LogP contribution in [-0.4, -0.2) is 34.3 Å². The molecular formula is C18H17ClF2N2O3. The molecule has 1 aromatic carbocycles. The lowest BCUT2D eigenvalue weighted by Crippen LogP contribution is -2.39. The molecule has 2 aliphatic carbocycles. The van der Waals surface area contributed by atoms with Crippen LogP contribution in [-0.2, 0) is 0 Å². The van der Waals surface area contributed by atoms with Crippen LogP contribution in [0.2, 0.25) is 5.02 Å². The maximum Gasteiger partial charge on any atom is 0.387 e. The van der Waals surface area contributed by atoms with Gasteiger partial charge in [0.05, 0.1) is 21.7 Å². The summed E-state index contributed by atoms with van der Waals surface area (Å²) in [5.41, 5.74) is 0.274. The summed E-state index contributed by atoms with van der Waals surface area (Å²) in [6.45, 7) is -2.98. The summed E-state index contributed by atoms with van der Waals surface area (Å²) in [5.74, 6) is -0.124. The summed E-state index contributed by atoms with van der Waals surface area (Å²) in [5, 5.41) is 13.6. The van der Waals surface area contributed by atoms with E-state index in [1.54, 1.807) is 6.07 Å². The average molecular weight is 383 g/mol. The normalized spacial score (nSPS) is 27.3. The number of alkyl halides is 2. The third-order valence-corrected chi connectivity index (χ3v) is 5.54. The molecule has 2 aromatic rings. The first-order valence-corrected chi connectivity index (χ1v) is 8.79. The van der Waals surface area contributed by atoms with Gasteiger partial charge in [-0.05, 0) is 43.7 Å². The molecule has 0 aliphatic heterocycles. The summed E-state index contributed by atoms with van der Waals surface area (Å²) < 4.78 is 29.1. The standard InChI is InChI=1S/C18H17ClF2N2O3/c19-13-4-9-3-10(8-22-14(9)6-15(13)26-17(20)21)16(24)23-12-1-2-18(25)7-11(18)5-12/h3-4,6,8,11-12,17,25H,1-2,5,7H2,(H,23,24)/t11?,12-,18+/m1/s1. The summed E-state index contributed by atoms with van der Waals surface area (Å²) in [6, 6.07) is 4.42. The van der Waals surface area contributed by atoms with Gasteiger partial charge in [-0.25, -0.2) is 0 Å². The van der Waals surface area contributed by atoms with Gasteiger partial charge < -0.3 is 15.2 Å². The van der Waals surface area contributed by atoms with Crippen LogP contribution in [0, 0.1) is 5.92 Å². The molecule has 5 nitrogen and oxygen atoms in total. The van der Waals surface area contributed by atoms with Gasteiger partial charge in [0.15, 0.2) is 0 Å². The van der Waals surface area contributed by atoms with E-state index in [4.69, 9.17) is 11.6 Å². The van der Waals surface area contributed by atoms with Crippen LogP contribution in [0.4, 0.5) is 8.78 Å². The smallest absolute Gasteiger partial charge is 0.387 e. The lowest BCUT2D eigenvalue weighted by Gasteiger charge is -2.25. The molecule has 8 heteroatoms. The molecule has 3 atom stereocenters. The Balaban J connectivity index is 1.50. The molecule has 1 heterocycles. The summed E-state index contributed by atoms with van der Waals surface area (Å²) in [6.07, 6.45) is 4.46. The Bertz CT molecular complexity index is 879. The molecule has 26 heavy (non-hydrogen) atoms. The minimum Gasteiger partial charge on any atom is -0.433 e. The molecule has 1 unspecified atom stereocenters. The van der Waals surface area contributed by atoms with Gasteiger partial charge in [-0.15, -0.1) is 0 Å². The number of hydrogen-bond donors (Lipinski definition) is 2. The minimum absolute atomic E-state index is 0.0254. The number of hydrogen-bond acceptors (Lipinski definition) is 4. The van der Waals surface area contributed by atoms with Crippen LogP contribution in [0.3, 0.4) is 0 Å². The second-order valence-electron chi connectivity index (χ2n) is 7.03. The quantitative estimate of drug-likeness (QED) is 0.848. The molecular weight excluding hydrogens is 366 g/mol. The fraction of sp³-hybridized carbons (Fsp3) is 0.444. The van der Waals surface area contributed by atoms with Crippen molar-refractivity contribution in [2.24, 2.45) is 5.92 Å². The van der Waals surface area contributed by atoms with E-state index in [0.29, 0.717) is 22.9 Å². The van der Waals surface area contributed by atoms with Crippen LogP contribution in [0.1, 0.15) is 36.0 Å². The van der Waals surface area contributed by atoms with E-state index < -0.39 is 12.2 Å². The van der Waals surface area contributed by atoms with Crippen molar-refractivity contribution in [3.8, 4) is 5.75 Å². The molecule has 2 saturated carbocycles. The first-order chi connectivity index (χ1) is 12.3. The number of carbonyl (C=O) groups excluding carboxylic acids is 1. The Morgan fingerprint density at radius 3 is 2.96 bits per heavy atom. The van der Waals surface area contributed by atoms with Crippen LogP contribution in [0.15, 0.2) is 24.4 Å². The zero-order valence-electron chi connectivity index (χ0n) is 13.7. The highest BCUT2D eigenvalue weighted by Crippen LogP contribution is 2.53. The van der Waals surface area contributed by atoms with Crippen LogP contribution in [0.5, 0.6) is 5.75 Å². The summed E-state index contributed by atoms with van der Waals surface area (Å²) in [7, 11) is 0. The maximum atomic E-state index is 12.5. The van der Waals surface area contributed by atoms with E-state index in [-0.39, 0.29) is 28.6 Å². The number of nitrogens with one attached hydrogen (secondary N) is 1. The maximum absolute atomic E-state index is 12.5. The van der Waals surface area contributed by atoms with Crippen molar-refractivity contribution >= 4 is 28.4 Å². The van der Waals surface area contributed by atoms with Crippen molar-refractivity contribution < 1.29 is 23.4 Å². The Morgan fingerprint density at radius 2 is 2.23 bits per heavy atom. The Hall–Kier alpha value is -1.99. The molecule has 1 amide bonds. The van der Waals surface area contributed by atoms with E-state index in [0.717, 1.165) is 19.3 Å². The number of fused-ring (bicyclic) bond motifs is 2. The number of rotatable bonds is 4. The average Bonchev–Trinajstić information content (AvgIpc) is 3.25. The summed E-state index contributed by atoms with van der Waals surface area (Å²) >= 11 is 5.96. The molecule has 0 bridgehead atoms. The number of amides is 1. The predicted molar refractivity (Wildman–Crippen MR) is 91.5 cm³/mol. The van der Waals surface area contributed by atoms with E-state index >= 15 is 0 Å². The van der Waals surface area contributed by atoms with Crippen LogP contribution >= 0.6 is 11.6 Å². The molecule has 1 aromatic heterocycles. The van der Waals surface area contributed by atoms with Gasteiger partial charge in [-0.3, -0.25) is 9.78 Å². The van der Waals surface area contributed by atoms with Gasteiger partial charge in [0.25, 0.3) is 5.91 Å². The second-order valence-corrected chi connectivity index (χ2v) is 7.43. The van der Waals surface area contributed by atoms with Crippen molar-refractivity contribution in [3.63, 3.8) is 0 Å². The first kappa shape index (κ1) is 17.4. The van der Waals surface area contributed by atoms with E-state index in [1.807, 2.05) is 0 Å². The molecule has 0 saturated heterocycles. The largest absolute Gasteiger partial charge is 0.433 e. The minimum atomic E-state index is -2.98. The van der Waals surface area contributed by atoms with Crippen molar-refractivity contribution in [2.45, 2.75) is 43.9 Å². The molecule has 0 radical (unpaired) electrons. The molecule has 2 aliphatic rings. The van der Waals surface area contributed by atoms with Crippen molar-refractivity contribution in [2.75, 3.05) is 0 Å². The zero-order valence-corrected chi connectivity index (χ0v) is 14.5. The van der Waals surface area contributed by atoms with Gasteiger partial charge in [0, 0.05) is 23.7 Å². The highest BCUT2D eigenvalue weighted by atomic mass is 35.5. The fourth-order valence-corrected chi connectivity index (χ4v) is 3.92. The number of benzene rings is 1. The van der Waals surface area contributed by atoms with Gasteiger partial charge in [-0.2, -0.15) is 8.78 Å². The molecule has 2 fully saturated rings. The fourth-order valence-electron chi connectivity index (χ4n) is 3.70. The number of nitrogens with zero attached hydrogens (tertiary/aromatic N) is 1. The summed E-state index contributed by atoms with van der Waals surface area (Å²) in [4.78, 5) is 16.6. The van der Waals surface area contributed by atoms with Gasteiger partial charge in [0.1, 0.15) is 5.75 Å². The zero-order chi connectivity index (χ0) is 18.5. The van der Waals surface area contributed by atoms with Gasteiger partial charge >= 0.3 is 6.61 Å². The number of aromatic nitrogens is 1. The Labute approximate surface area is 153 Å². The Kier molecular flexibility index (Phi) is 4.23. The first-order valence-electron chi connectivity index (χ1n) is 8.41. The number of pyridine rings is 1. The third kappa shape index (κ3) is 3.33. The van der Waals surface area contributed by atoms with E-state index in [2.05, 4.69) is 15.0 Å². The van der Waals surface area contributed by atoms with E-state index in [9.17, 15) is 18.7 Å². The van der Waals surface area contributed by atoms with Crippen LogP contribution < -0.4 is 10.1 Å². The van der Waals surface area contributed by atoms with Crippen molar-refractivity contribution in [3.05, 3.63) is 35.0 Å². The Morgan fingerprint density at radius 1 is 1.42 bits per heavy atom. The number of halogens is 3. The lowest BCUT2D eigenvalue weighted by atomic mass is 9.93. The monoisotopic (exact) mass is 382 g/mol. The van der Waals surface area contributed by atoms with Gasteiger partial charge in [0.2, 0.25) is 0 Å². The number of ether oxygens (including phenoxy) is 1. The van der Waals surface area contributed by atoms with Gasteiger partial charge in [-0.1, -0.05) is 11.6 Å². The van der Waals surface area contributed by atoms with Crippen molar-refractivity contribution in [1.82, 2.24) is 10.3 Å². The SMILES string of the molecule is O=C(N[C@@H]1CC[C@]2(O)CC2C1)c1cnc2cc(OC(F)F)c(Cl)cc2c1.